The lowest BCUT2D eigenvalue weighted by molar-refractivity contribution is 0.225. The van der Waals surface area contributed by atoms with Crippen molar-refractivity contribution in [3.05, 3.63) is 36.9 Å². The zero-order chi connectivity index (χ0) is 11.8. The standard InChI is InChI=1S/C13H14N2O2/c1-2-7-14-8-10-9-17-12-6-4-3-5-11(12)15(10)13(14)16/h2-6,10H,1,7-9H2. The molecule has 1 unspecified atom stereocenters. The number of anilines is 1. The van der Waals surface area contributed by atoms with Crippen molar-refractivity contribution in [1.82, 2.24) is 4.90 Å². The highest BCUT2D eigenvalue weighted by Crippen LogP contribution is 2.36. The maximum Gasteiger partial charge on any atom is 0.325 e. The summed E-state index contributed by atoms with van der Waals surface area (Å²) in [6.07, 6.45) is 1.75. The molecule has 0 N–H and O–H groups in total. The Kier molecular flexibility index (Phi) is 2.28. The third kappa shape index (κ3) is 1.48. The molecule has 1 fully saturated rings. The number of nitrogens with zero attached hydrogens (tertiary/aromatic N) is 2. The van der Waals surface area contributed by atoms with Gasteiger partial charge in [0, 0.05) is 13.1 Å². The molecule has 0 spiro atoms. The van der Waals surface area contributed by atoms with Crippen LogP contribution in [0.3, 0.4) is 0 Å². The molecule has 0 radical (unpaired) electrons. The van der Waals surface area contributed by atoms with Crippen LogP contribution in [-0.2, 0) is 0 Å². The van der Waals surface area contributed by atoms with E-state index in [9.17, 15) is 4.79 Å². The molecule has 0 aromatic heterocycles. The number of urea groups is 1. The average molecular weight is 230 g/mol. The van der Waals surface area contributed by atoms with E-state index in [0.29, 0.717) is 19.7 Å². The van der Waals surface area contributed by atoms with E-state index in [1.807, 2.05) is 29.2 Å². The quantitative estimate of drug-likeness (QED) is 0.727. The summed E-state index contributed by atoms with van der Waals surface area (Å²) in [7, 11) is 0. The summed E-state index contributed by atoms with van der Waals surface area (Å²) in [6.45, 7) is 5.54. The molecule has 2 heterocycles. The molecular formula is C13H14N2O2. The van der Waals surface area contributed by atoms with Gasteiger partial charge in [0.05, 0.1) is 11.7 Å². The fourth-order valence-electron chi connectivity index (χ4n) is 2.42. The molecule has 0 saturated carbocycles. The second kappa shape index (κ2) is 3.80. The molecule has 0 bridgehead atoms. The van der Waals surface area contributed by atoms with Gasteiger partial charge in [-0.15, -0.1) is 6.58 Å². The Balaban J connectivity index is 1.97. The van der Waals surface area contributed by atoms with Crippen LogP contribution in [0.15, 0.2) is 36.9 Å². The Morgan fingerprint density at radius 3 is 3.12 bits per heavy atom. The summed E-state index contributed by atoms with van der Waals surface area (Å²) in [5.74, 6) is 0.789. The van der Waals surface area contributed by atoms with E-state index >= 15 is 0 Å². The van der Waals surface area contributed by atoms with E-state index < -0.39 is 0 Å². The minimum Gasteiger partial charge on any atom is -0.489 e. The van der Waals surface area contributed by atoms with Crippen molar-refractivity contribution in [2.24, 2.45) is 0 Å². The monoisotopic (exact) mass is 230 g/mol. The van der Waals surface area contributed by atoms with E-state index in [1.165, 1.54) is 0 Å². The number of benzene rings is 1. The van der Waals surface area contributed by atoms with Gasteiger partial charge in [-0.2, -0.15) is 0 Å². The number of fused-ring (bicyclic) bond motifs is 3. The minimum atomic E-state index is 0.0469. The fraction of sp³-hybridized carbons (Fsp3) is 0.308. The van der Waals surface area contributed by atoms with Crippen molar-refractivity contribution in [1.29, 1.82) is 0 Å². The molecule has 1 aromatic rings. The molecule has 88 valence electrons. The van der Waals surface area contributed by atoms with Gasteiger partial charge < -0.3 is 9.64 Å². The lowest BCUT2D eigenvalue weighted by atomic mass is 10.2. The van der Waals surface area contributed by atoms with E-state index in [-0.39, 0.29) is 12.1 Å². The van der Waals surface area contributed by atoms with Crippen LogP contribution in [0, 0.1) is 0 Å². The zero-order valence-electron chi connectivity index (χ0n) is 9.50. The molecule has 4 nitrogen and oxygen atoms in total. The smallest absolute Gasteiger partial charge is 0.325 e. The van der Waals surface area contributed by atoms with Crippen LogP contribution in [0.1, 0.15) is 0 Å². The van der Waals surface area contributed by atoms with Crippen molar-refractivity contribution in [3.8, 4) is 5.75 Å². The number of hydrogen-bond donors (Lipinski definition) is 0. The SMILES string of the molecule is C=CCN1CC2COc3ccccc3N2C1=O. The number of ether oxygens (including phenoxy) is 1. The number of carbonyl (C=O) groups is 1. The minimum absolute atomic E-state index is 0.0469. The first-order valence-electron chi connectivity index (χ1n) is 5.72. The molecule has 0 aliphatic carbocycles. The molecule has 2 aliphatic heterocycles. The van der Waals surface area contributed by atoms with Crippen LogP contribution >= 0.6 is 0 Å². The lowest BCUT2D eigenvalue weighted by Gasteiger charge is -2.30. The second-order valence-corrected chi connectivity index (χ2v) is 4.28. The van der Waals surface area contributed by atoms with Gasteiger partial charge in [0.1, 0.15) is 12.4 Å². The molecular weight excluding hydrogens is 216 g/mol. The number of rotatable bonds is 2. The summed E-state index contributed by atoms with van der Waals surface area (Å²) in [4.78, 5) is 15.9. The summed E-state index contributed by atoms with van der Waals surface area (Å²) >= 11 is 0. The summed E-state index contributed by atoms with van der Waals surface area (Å²) in [6, 6.07) is 7.84. The Hall–Kier alpha value is -1.97. The van der Waals surface area contributed by atoms with E-state index in [1.54, 1.807) is 11.0 Å². The first-order chi connectivity index (χ1) is 8.31. The third-order valence-corrected chi connectivity index (χ3v) is 3.18. The molecule has 2 amide bonds. The third-order valence-electron chi connectivity index (χ3n) is 3.18. The van der Waals surface area contributed by atoms with Gasteiger partial charge >= 0.3 is 6.03 Å². The predicted molar refractivity (Wildman–Crippen MR) is 65.4 cm³/mol. The Labute approximate surface area is 100 Å². The van der Waals surface area contributed by atoms with Gasteiger partial charge in [-0.25, -0.2) is 4.79 Å². The Morgan fingerprint density at radius 2 is 2.29 bits per heavy atom. The Morgan fingerprint density at radius 1 is 1.47 bits per heavy atom. The van der Waals surface area contributed by atoms with Gasteiger partial charge in [0.25, 0.3) is 0 Å². The largest absolute Gasteiger partial charge is 0.489 e. The predicted octanol–water partition coefficient (Wildman–Crippen LogP) is 1.88. The lowest BCUT2D eigenvalue weighted by Crippen LogP contribution is -2.41. The van der Waals surface area contributed by atoms with Crippen molar-refractivity contribution < 1.29 is 9.53 Å². The van der Waals surface area contributed by atoms with Gasteiger partial charge in [0.15, 0.2) is 0 Å². The highest BCUT2D eigenvalue weighted by molar-refractivity contribution is 5.97. The van der Waals surface area contributed by atoms with Crippen molar-refractivity contribution in [2.75, 3.05) is 24.6 Å². The van der Waals surface area contributed by atoms with Crippen LogP contribution < -0.4 is 9.64 Å². The van der Waals surface area contributed by atoms with E-state index in [0.717, 1.165) is 11.4 Å². The molecule has 1 saturated heterocycles. The number of carbonyl (C=O) groups excluding carboxylic acids is 1. The highest BCUT2D eigenvalue weighted by atomic mass is 16.5. The first kappa shape index (κ1) is 10.2. The van der Waals surface area contributed by atoms with Crippen LogP contribution in [0.4, 0.5) is 10.5 Å². The average Bonchev–Trinajstić information content (AvgIpc) is 2.67. The maximum absolute atomic E-state index is 12.2. The van der Waals surface area contributed by atoms with Crippen LogP contribution in [-0.4, -0.2) is 36.7 Å². The summed E-state index contributed by atoms with van der Waals surface area (Å²) < 4.78 is 5.67. The fourth-order valence-corrected chi connectivity index (χ4v) is 2.42. The summed E-state index contributed by atoms with van der Waals surface area (Å²) in [5, 5.41) is 0. The Bertz CT molecular complexity index is 472. The molecule has 2 aliphatic rings. The second-order valence-electron chi connectivity index (χ2n) is 4.28. The maximum atomic E-state index is 12.2. The van der Waals surface area contributed by atoms with Crippen molar-refractivity contribution in [2.45, 2.75) is 6.04 Å². The summed E-state index contributed by atoms with van der Waals surface area (Å²) in [5.41, 5.74) is 0.875. The number of amides is 2. The van der Waals surface area contributed by atoms with Gasteiger partial charge in [-0.3, -0.25) is 4.90 Å². The van der Waals surface area contributed by atoms with Gasteiger partial charge in [-0.1, -0.05) is 18.2 Å². The highest BCUT2D eigenvalue weighted by Gasteiger charge is 2.41. The molecule has 1 aromatic carbocycles. The van der Waals surface area contributed by atoms with Crippen LogP contribution in [0.5, 0.6) is 5.75 Å². The van der Waals surface area contributed by atoms with Crippen LogP contribution in [0.25, 0.3) is 0 Å². The first-order valence-corrected chi connectivity index (χ1v) is 5.72. The zero-order valence-corrected chi connectivity index (χ0v) is 9.50. The molecule has 4 heteroatoms. The van der Waals surface area contributed by atoms with Crippen molar-refractivity contribution >= 4 is 11.7 Å². The van der Waals surface area contributed by atoms with E-state index in [4.69, 9.17) is 4.74 Å². The normalized spacial score (nSPS) is 21.9. The van der Waals surface area contributed by atoms with Crippen LogP contribution in [0.2, 0.25) is 0 Å². The van der Waals surface area contributed by atoms with E-state index in [2.05, 4.69) is 6.58 Å². The topological polar surface area (TPSA) is 32.8 Å². The molecule has 17 heavy (non-hydrogen) atoms. The number of para-hydroxylation sites is 2. The van der Waals surface area contributed by atoms with Gasteiger partial charge in [-0.05, 0) is 12.1 Å². The number of hydrogen-bond acceptors (Lipinski definition) is 2. The molecule has 3 rings (SSSR count). The molecule has 1 atom stereocenters. The van der Waals surface area contributed by atoms with Gasteiger partial charge in [0.2, 0.25) is 0 Å². The van der Waals surface area contributed by atoms with Crippen molar-refractivity contribution in [3.63, 3.8) is 0 Å².